The van der Waals surface area contributed by atoms with Gasteiger partial charge in [0.1, 0.15) is 0 Å². The van der Waals surface area contributed by atoms with Crippen molar-refractivity contribution in [3.63, 3.8) is 0 Å². The molecule has 0 aromatic carbocycles. The van der Waals surface area contributed by atoms with Crippen LogP contribution in [0.1, 0.15) is 61.3 Å². The summed E-state index contributed by atoms with van der Waals surface area (Å²) in [4.78, 5) is 4.29. The quantitative estimate of drug-likeness (QED) is 0.458. The van der Waals surface area contributed by atoms with E-state index in [1.54, 1.807) is 0 Å². The van der Waals surface area contributed by atoms with Crippen LogP contribution in [0.2, 0.25) is 0 Å². The molecule has 0 aliphatic carbocycles. The van der Waals surface area contributed by atoms with E-state index in [9.17, 15) is 0 Å². The van der Waals surface area contributed by atoms with Crippen molar-refractivity contribution in [2.45, 2.75) is 78.1 Å². The molecule has 0 saturated heterocycles. The molecule has 6 heteroatoms. The van der Waals surface area contributed by atoms with Crippen LogP contribution in [0, 0.1) is 0 Å². The van der Waals surface area contributed by atoms with Crippen molar-refractivity contribution in [3.05, 3.63) is 0 Å². The van der Waals surface area contributed by atoms with Crippen LogP contribution in [0.3, 0.4) is 0 Å². The van der Waals surface area contributed by atoms with Crippen molar-refractivity contribution < 1.29 is 8.56 Å². The van der Waals surface area contributed by atoms with Gasteiger partial charge in [-0.15, -0.1) is 0 Å². The second-order valence-electron chi connectivity index (χ2n) is 8.79. The van der Waals surface area contributed by atoms with Crippen LogP contribution in [-0.4, -0.2) is 90.6 Å². The van der Waals surface area contributed by atoms with Crippen LogP contribution in [0.5, 0.6) is 0 Å². The monoisotopic (exact) mass is 448 g/mol. The fraction of sp³-hybridized carbons (Fsp3) is 1.00. The predicted octanol–water partition coefficient (Wildman–Crippen LogP) is 3.28. The van der Waals surface area contributed by atoms with Gasteiger partial charge in [0.2, 0.25) is 0 Å². The number of hydrogen-bond donors (Lipinski definition) is 0. The second-order valence-corrected chi connectivity index (χ2v) is 12.5. The summed E-state index contributed by atoms with van der Waals surface area (Å²) in [6, 6.07) is 0. The van der Waals surface area contributed by atoms with Crippen molar-refractivity contribution in [3.8, 4) is 0 Å². The minimum absolute atomic E-state index is 0.164. The maximum absolute atomic E-state index is 6.50. The van der Waals surface area contributed by atoms with Crippen LogP contribution in [-0.2, 0) is 8.56 Å². The standard InChI is InChI=1S/2C6H14NO.C6H13O.In/c2*1-6(2,8)5-7(3)4;1-4-6(3,7)5-2;/h2*5H2,1-4H3;4-5H2,1-3H3;/q3*-1;+3. The fourth-order valence-corrected chi connectivity index (χ4v) is 8.93. The third-order valence-electron chi connectivity index (χ3n) is 4.10. The Hall–Kier alpha value is 0.670. The normalized spacial score (nSPS) is 13.9. The molecule has 0 fully saturated rings. The van der Waals surface area contributed by atoms with E-state index in [1.807, 2.05) is 0 Å². The van der Waals surface area contributed by atoms with E-state index >= 15 is 0 Å². The number of rotatable bonds is 12. The first-order valence-electron chi connectivity index (χ1n) is 9.07. The first-order valence-corrected chi connectivity index (χ1v) is 13.1. The van der Waals surface area contributed by atoms with Crippen LogP contribution in [0.25, 0.3) is 0 Å². The summed E-state index contributed by atoms with van der Waals surface area (Å²) in [5.41, 5.74) is -0.717. The molecule has 0 aliphatic rings. The van der Waals surface area contributed by atoms with Gasteiger partial charge in [0.25, 0.3) is 0 Å². The number of nitrogens with zero attached hydrogens (tertiary/aromatic N) is 2. The molecular formula is C18H41InN2O3. The minimum atomic E-state index is -3.14. The van der Waals surface area contributed by atoms with Gasteiger partial charge >= 0.3 is 161 Å². The molecule has 5 nitrogen and oxygen atoms in total. The molecule has 0 bridgehead atoms. The topological polar surface area (TPSA) is 34.2 Å². The zero-order valence-corrected chi connectivity index (χ0v) is 21.3. The first-order chi connectivity index (χ1) is 10.7. The van der Waals surface area contributed by atoms with Gasteiger partial charge < -0.3 is 0 Å². The van der Waals surface area contributed by atoms with Gasteiger partial charge in [-0.25, -0.2) is 0 Å². The molecular weight excluding hydrogens is 407 g/mol. The second kappa shape index (κ2) is 10.1. The summed E-state index contributed by atoms with van der Waals surface area (Å²) in [7, 11) is 8.26. The van der Waals surface area contributed by atoms with E-state index in [2.05, 4.69) is 86.5 Å². The Labute approximate surface area is 160 Å². The Bertz CT molecular complexity index is 332. The van der Waals surface area contributed by atoms with Crippen molar-refractivity contribution in [1.29, 1.82) is 0 Å². The summed E-state index contributed by atoms with van der Waals surface area (Å²) >= 11 is -3.14. The average Bonchev–Trinajstić information content (AvgIpc) is 2.33. The maximum atomic E-state index is 6.50. The first kappa shape index (κ1) is 24.7. The molecule has 24 heavy (non-hydrogen) atoms. The molecule has 0 aromatic heterocycles. The average molecular weight is 448 g/mol. The summed E-state index contributed by atoms with van der Waals surface area (Å²) < 4.78 is 19.4. The third kappa shape index (κ3) is 10.6. The van der Waals surface area contributed by atoms with Crippen LogP contribution < -0.4 is 0 Å². The van der Waals surface area contributed by atoms with Gasteiger partial charge in [0, 0.05) is 0 Å². The summed E-state index contributed by atoms with van der Waals surface area (Å²) in [5, 5.41) is 0. The van der Waals surface area contributed by atoms with Crippen molar-refractivity contribution in [2.24, 2.45) is 0 Å². The Morgan fingerprint density at radius 1 is 0.667 bits per heavy atom. The molecule has 0 radical (unpaired) electrons. The molecule has 144 valence electrons. The summed E-state index contributed by atoms with van der Waals surface area (Å²) in [6.45, 7) is 16.7. The zero-order valence-electron chi connectivity index (χ0n) is 18.0. The van der Waals surface area contributed by atoms with Crippen LogP contribution in [0.4, 0.5) is 0 Å². The third-order valence-corrected chi connectivity index (χ3v) is 11.0. The molecule has 0 unspecified atom stereocenters. The summed E-state index contributed by atoms with van der Waals surface area (Å²) in [6.07, 6.45) is 1.93. The Morgan fingerprint density at radius 3 is 1.25 bits per heavy atom. The Kier molecular flexibility index (Phi) is 10.4. The van der Waals surface area contributed by atoms with Gasteiger partial charge in [-0.05, 0) is 0 Å². The Balaban J connectivity index is 5.22. The van der Waals surface area contributed by atoms with E-state index < -0.39 is 22.7 Å². The molecule has 0 atom stereocenters. The SMILES string of the molecule is CCC(C)(CC)[O][In]([O]C(C)(C)CN(C)C)[O]C(C)(C)CN(C)C. The van der Waals surface area contributed by atoms with Gasteiger partial charge in [-0.1, -0.05) is 0 Å². The van der Waals surface area contributed by atoms with E-state index in [4.69, 9.17) is 8.56 Å². The molecule has 0 amide bonds. The predicted molar refractivity (Wildman–Crippen MR) is 103 cm³/mol. The zero-order chi connectivity index (χ0) is 19.2. The molecule has 0 rings (SSSR count). The molecule has 0 aromatic rings. The molecule has 0 N–H and O–H groups in total. The van der Waals surface area contributed by atoms with Crippen molar-refractivity contribution in [1.82, 2.24) is 9.80 Å². The van der Waals surface area contributed by atoms with Crippen LogP contribution in [0.15, 0.2) is 0 Å². The number of likely N-dealkylation sites (N-methyl/N-ethyl adjacent to an activating group) is 2. The van der Waals surface area contributed by atoms with E-state index in [0.717, 1.165) is 25.9 Å². The van der Waals surface area contributed by atoms with Gasteiger partial charge in [-0.2, -0.15) is 0 Å². The van der Waals surface area contributed by atoms with Gasteiger partial charge in [0.05, 0.1) is 0 Å². The van der Waals surface area contributed by atoms with Gasteiger partial charge in [0.15, 0.2) is 0 Å². The molecule has 0 saturated carbocycles. The van der Waals surface area contributed by atoms with E-state index in [-0.39, 0.29) is 16.8 Å². The molecule has 0 heterocycles. The van der Waals surface area contributed by atoms with Crippen molar-refractivity contribution >= 4 is 22.7 Å². The summed E-state index contributed by atoms with van der Waals surface area (Å²) in [5.74, 6) is 0. The Morgan fingerprint density at radius 2 is 1.00 bits per heavy atom. The molecule has 0 spiro atoms. The fourth-order valence-electron chi connectivity index (χ4n) is 2.84. The van der Waals surface area contributed by atoms with E-state index in [1.165, 1.54) is 0 Å². The number of hydrogen-bond acceptors (Lipinski definition) is 5. The van der Waals surface area contributed by atoms with Crippen molar-refractivity contribution in [2.75, 3.05) is 41.3 Å². The van der Waals surface area contributed by atoms with Gasteiger partial charge in [-0.3, -0.25) is 0 Å². The van der Waals surface area contributed by atoms with Crippen LogP contribution >= 0.6 is 0 Å². The van der Waals surface area contributed by atoms with E-state index in [0.29, 0.717) is 0 Å². The molecule has 0 aliphatic heterocycles.